The lowest BCUT2D eigenvalue weighted by molar-refractivity contribution is 0.00404. The van der Waals surface area contributed by atoms with Crippen molar-refractivity contribution in [3.05, 3.63) is 23.3 Å². The van der Waals surface area contributed by atoms with Crippen LogP contribution in [0.25, 0.3) is 0 Å². The van der Waals surface area contributed by atoms with E-state index in [1.807, 2.05) is 0 Å². The van der Waals surface area contributed by atoms with E-state index in [9.17, 15) is 10.2 Å². The average Bonchev–Trinajstić information content (AvgIpc) is 2.66. The molecule has 0 heterocycles. The summed E-state index contributed by atoms with van der Waals surface area (Å²) >= 11 is 0. The van der Waals surface area contributed by atoms with E-state index in [0.717, 1.165) is 32.1 Å². The summed E-state index contributed by atoms with van der Waals surface area (Å²) in [5.74, 6) is 2.03. The Labute approximate surface area is 127 Å². The molecule has 116 valence electrons. The SMILES string of the molecule is CC12CCC3=CC4=CC(O)CCC4CCC3C1CCC2O. The van der Waals surface area contributed by atoms with Crippen LogP contribution >= 0.6 is 0 Å². The minimum absolute atomic E-state index is 0.0874. The van der Waals surface area contributed by atoms with E-state index in [2.05, 4.69) is 19.1 Å². The smallest absolute Gasteiger partial charge is 0.0726 e. The van der Waals surface area contributed by atoms with E-state index in [1.54, 1.807) is 5.57 Å². The second-order valence-electron chi connectivity index (χ2n) is 8.12. The van der Waals surface area contributed by atoms with Crippen molar-refractivity contribution in [1.82, 2.24) is 0 Å². The first-order chi connectivity index (χ1) is 10.1. The van der Waals surface area contributed by atoms with Crippen molar-refractivity contribution in [2.75, 3.05) is 0 Å². The van der Waals surface area contributed by atoms with E-state index < -0.39 is 0 Å². The van der Waals surface area contributed by atoms with E-state index in [1.165, 1.54) is 24.8 Å². The number of allylic oxidation sites excluding steroid dienone is 3. The quantitative estimate of drug-likeness (QED) is 0.715. The third-order valence-corrected chi connectivity index (χ3v) is 7.12. The highest BCUT2D eigenvalue weighted by molar-refractivity contribution is 5.33. The molecule has 0 radical (unpaired) electrons. The van der Waals surface area contributed by atoms with Crippen LogP contribution in [0.5, 0.6) is 0 Å². The van der Waals surface area contributed by atoms with Crippen molar-refractivity contribution in [2.45, 2.75) is 70.5 Å². The first kappa shape index (κ1) is 14.0. The third-order valence-electron chi connectivity index (χ3n) is 7.12. The van der Waals surface area contributed by atoms with Crippen LogP contribution in [0.1, 0.15) is 58.3 Å². The maximum Gasteiger partial charge on any atom is 0.0726 e. The molecule has 2 nitrogen and oxygen atoms in total. The van der Waals surface area contributed by atoms with Gasteiger partial charge in [0.2, 0.25) is 0 Å². The van der Waals surface area contributed by atoms with Crippen LogP contribution in [0.3, 0.4) is 0 Å². The van der Waals surface area contributed by atoms with Crippen molar-refractivity contribution in [3.63, 3.8) is 0 Å². The van der Waals surface area contributed by atoms with Crippen LogP contribution in [-0.4, -0.2) is 22.4 Å². The van der Waals surface area contributed by atoms with Crippen molar-refractivity contribution in [2.24, 2.45) is 23.2 Å². The molecule has 2 fully saturated rings. The summed E-state index contributed by atoms with van der Waals surface area (Å²) in [6, 6.07) is 0. The fraction of sp³-hybridized carbons (Fsp3) is 0.789. The van der Waals surface area contributed by atoms with Gasteiger partial charge >= 0.3 is 0 Å². The molecule has 6 atom stereocenters. The lowest BCUT2D eigenvalue weighted by Gasteiger charge is -2.45. The molecule has 0 saturated heterocycles. The molecule has 0 spiro atoms. The Morgan fingerprint density at radius 1 is 1.05 bits per heavy atom. The molecule has 0 aromatic heterocycles. The Balaban J connectivity index is 1.67. The first-order valence-electron chi connectivity index (χ1n) is 8.86. The van der Waals surface area contributed by atoms with Crippen LogP contribution in [0.15, 0.2) is 23.3 Å². The topological polar surface area (TPSA) is 40.5 Å². The number of aliphatic hydroxyl groups excluding tert-OH is 2. The van der Waals surface area contributed by atoms with Gasteiger partial charge in [-0.15, -0.1) is 0 Å². The molecule has 4 aliphatic carbocycles. The van der Waals surface area contributed by atoms with Gasteiger partial charge in [0.05, 0.1) is 12.2 Å². The molecule has 0 aromatic carbocycles. The van der Waals surface area contributed by atoms with Gasteiger partial charge in [0.1, 0.15) is 0 Å². The average molecular weight is 288 g/mol. The van der Waals surface area contributed by atoms with E-state index in [-0.39, 0.29) is 17.6 Å². The zero-order valence-corrected chi connectivity index (χ0v) is 13.1. The lowest BCUT2D eigenvalue weighted by Crippen LogP contribution is -2.40. The summed E-state index contributed by atoms with van der Waals surface area (Å²) in [6.45, 7) is 2.33. The predicted molar refractivity (Wildman–Crippen MR) is 83.7 cm³/mol. The number of hydrogen-bond acceptors (Lipinski definition) is 2. The lowest BCUT2D eigenvalue weighted by atomic mass is 9.61. The van der Waals surface area contributed by atoms with Crippen molar-refractivity contribution in [3.8, 4) is 0 Å². The maximum absolute atomic E-state index is 10.4. The Morgan fingerprint density at radius 3 is 2.71 bits per heavy atom. The Bertz CT molecular complexity index is 492. The van der Waals surface area contributed by atoms with Crippen LogP contribution in [0.4, 0.5) is 0 Å². The monoisotopic (exact) mass is 288 g/mol. The van der Waals surface area contributed by atoms with Gasteiger partial charge in [-0.25, -0.2) is 0 Å². The molecule has 0 amide bonds. The molecule has 4 aliphatic rings. The molecule has 21 heavy (non-hydrogen) atoms. The number of aliphatic hydroxyl groups is 2. The summed E-state index contributed by atoms with van der Waals surface area (Å²) in [5.41, 5.74) is 3.19. The number of hydrogen-bond donors (Lipinski definition) is 2. The Hall–Kier alpha value is -0.600. The van der Waals surface area contributed by atoms with Crippen LogP contribution in [0.2, 0.25) is 0 Å². The minimum atomic E-state index is -0.230. The van der Waals surface area contributed by atoms with Crippen LogP contribution in [-0.2, 0) is 0 Å². The van der Waals surface area contributed by atoms with Crippen molar-refractivity contribution in [1.29, 1.82) is 0 Å². The fourth-order valence-electron chi connectivity index (χ4n) is 5.73. The molecular formula is C19H28O2. The Morgan fingerprint density at radius 2 is 1.86 bits per heavy atom. The number of rotatable bonds is 0. The van der Waals surface area contributed by atoms with Gasteiger partial charge in [0.25, 0.3) is 0 Å². The summed E-state index contributed by atoms with van der Waals surface area (Å²) in [5, 5.41) is 20.3. The summed E-state index contributed by atoms with van der Waals surface area (Å²) in [6.07, 6.45) is 13.4. The zero-order chi connectivity index (χ0) is 14.6. The largest absolute Gasteiger partial charge is 0.393 e. The molecule has 2 saturated carbocycles. The first-order valence-corrected chi connectivity index (χ1v) is 8.86. The van der Waals surface area contributed by atoms with E-state index in [4.69, 9.17) is 0 Å². The van der Waals surface area contributed by atoms with Gasteiger partial charge < -0.3 is 10.2 Å². The molecule has 6 unspecified atom stereocenters. The van der Waals surface area contributed by atoms with E-state index >= 15 is 0 Å². The second kappa shape index (κ2) is 4.96. The molecular weight excluding hydrogens is 260 g/mol. The highest BCUT2D eigenvalue weighted by Crippen LogP contribution is 2.58. The van der Waals surface area contributed by atoms with Gasteiger partial charge in [-0.1, -0.05) is 24.6 Å². The molecule has 4 rings (SSSR count). The molecule has 2 heteroatoms. The minimum Gasteiger partial charge on any atom is -0.393 e. The normalized spacial score (nSPS) is 49.4. The number of fused-ring (bicyclic) bond motifs is 4. The fourth-order valence-corrected chi connectivity index (χ4v) is 5.73. The van der Waals surface area contributed by atoms with Crippen molar-refractivity contribution < 1.29 is 10.2 Å². The third kappa shape index (κ3) is 2.14. The molecule has 0 aromatic rings. The van der Waals surface area contributed by atoms with Gasteiger partial charge in [0, 0.05) is 0 Å². The zero-order valence-electron chi connectivity index (χ0n) is 13.1. The molecule has 0 bridgehead atoms. The molecule has 2 N–H and O–H groups in total. The highest BCUT2D eigenvalue weighted by atomic mass is 16.3. The van der Waals surface area contributed by atoms with Crippen molar-refractivity contribution >= 4 is 0 Å². The van der Waals surface area contributed by atoms with Crippen LogP contribution < -0.4 is 0 Å². The summed E-state index contributed by atoms with van der Waals surface area (Å²) < 4.78 is 0. The van der Waals surface area contributed by atoms with Gasteiger partial charge in [-0.2, -0.15) is 0 Å². The van der Waals surface area contributed by atoms with Gasteiger partial charge in [-0.3, -0.25) is 0 Å². The second-order valence-corrected chi connectivity index (χ2v) is 8.12. The summed E-state index contributed by atoms with van der Waals surface area (Å²) in [7, 11) is 0. The highest BCUT2D eigenvalue weighted by Gasteiger charge is 2.52. The Kier molecular flexibility index (Phi) is 3.31. The molecule has 0 aliphatic heterocycles. The summed E-state index contributed by atoms with van der Waals surface area (Å²) in [4.78, 5) is 0. The predicted octanol–water partition coefficient (Wildman–Crippen LogP) is 3.59. The standard InChI is InChI=1S/C19H28O2/c1-19-9-8-13-10-14-11-15(20)4-2-12(14)3-5-16(13)17(19)6-7-18(19)21/h10-12,15-18,20-21H,2-9H2,1H3. The van der Waals surface area contributed by atoms with Gasteiger partial charge in [0.15, 0.2) is 0 Å². The van der Waals surface area contributed by atoms with Gasteiger partial charge in [-0.05, 0) is 80.1 Å². The van der Waals surface area contributed by atoms with Crippen LogP contribution in [0, 0.1) is 23.2 Å². The van der Waals surface area contributed by atoms with E-state index in [0.29, 0.717) is 17.8 Å². The maximum atomic E-state index is 10.4.